The van der Waals surface area contributed by atoms with E-state index in [1.807, 2.05) is 0 Å². The zero-order valence-corrected chi connectivity index (χ0v) is 8.16. The number of rotatable bonds is 2. The maximum Gasteiger partial charge on any atom is 0.414 e. The summed E-state index contributed by atoms with van der Waals surface area (Å²) in [5.74, 6) is 0. The van der Waals surface area contributed by atoms with E-state index in [0.29, 0.717) is 0 Å². The largest absolute Gasteiger partial charge is 0.414 e. The quantitative estimate of drug-likeness (QED) is 0.685. The number of urea groups is 1. The molecule has 0 radical (unpaired) electrons. The molecule has 4 nitrogen and oxygen atoms in total. The second-order valence-corrected chi connectivity index (χ2v) is 3.71. The predicted octanol–water partition coefficient (Wildman–Crippen LogP) is 1.58. The van der Waals surface area contributed by atoms with Gasteiger partial charge in [-0.05, 0) is 20.8 Å². The molecule has 2 amide bonds. The Balaban J connectivity index is 3.66. The van der Waals surface area contributed by atoms with Gasteiger partial charge in [0.1, 0.15) is 0 Å². The van der Waals surface area contributed by atoms with Crippen LogP contribution < -0.4 is 10.8 Å². The van der Waals surface area contributed by atoms with E-state index in [2.05, 4.69) is 10.2 Å². The molecule has 2 N–H and O–H groups in total. The van der Waals surface area contributed by atoms with Gasteiger partial charge in [0.25, 0.3) is 0 Å². The zero-order chi connectivity index (χ0) is 11.4. The Bertz CT molecular complexity index is 198. The fraction of sp³-hybridized carbons (Fsp3) is 0.857. The van der Waals surface area contributed by atoms with E-state index < -0.39 is 24.4 Å². The summed E-state index contributed by atoms with van der Waals surface area (Å²) in [5.41, 5.74) is 1.10. The van der Waals surface area contributed by atoms with Gasteiger partial charge in [0.15, 0.2) is 6.61 Å². The fourth-order valence-electron chi connectivity index (χ4n) is 0.550. The van der Waals surface area contributed by atoms with Gasteiger partial charge in [0.05, 0.1) is 0 Å². The summed E-state index contributed by atoms with van der Waals surface area (Å²) in [7, 11) is 0. The van der Waals surface area contributed by atoms with Crippen LogP contribution in [0.3, 0.4) is 0 Å². The number of carbonyl (C=O) groups is 1. The molecule has 0 spiro atoms. The highest BCUT2D eigenvalue weighted by Gasteiger charge is 2.28. The molecule has 0 heterocycles. The van der Waals surface area contributed by atoms with Crippen LogP contribution >= 0.6 is 0 Å². The molecule has 0 aromatic heterocycles. The highest BCUT2D eigenvalue weighted by Crippen LogP contribution is 2.13. The third kappa shape index (κ3) is 9.11. The van der Waals surface area contributed by atoms with Gasteiger partial charge in [-0.3, -0.25) is 4.84 Å². The fourth-order valence-corrected chi connectivity index (χ4v) is 0.550. The second-order valence-electron chi connectivity index (χ2n) is 3.71. The first kappa shape index (κ1) is 13.0. The smallest absolute Gasteiger partial charge is 0.332 e. The number of hydroxylamine groups is 1. The summed E-state index contributed by atoms with van der Waals surface area (Å²) >= 11 is 0. The van der Waals surface area contributed by atoms with Gasteiger partial charge in [-0.25, -0.2) is 10.3 Å². The topological polar surface area (TPSA) is 50.4 Å². The molecule has 0 saturated carbocycles. The van der Waals surface area contributed by atoms with Gasteiger partial charge in [-0.2, -0.15) is 13.2 Å². The summed E-state index contributed by atoms with van der Waals surface area (Å²) in [6.07, 6.45) is -4.45. The van der Waals surface area contributed by atoms with Gasteiger partial charge in [-0.15, -0.1) is 0 Å². The molecule has 0 saturated heterocycles. The van der Waals surface area contributed by atoms with E-state index in [1.54, 1.807) is 26.3 Å². The Hall–Kier alpha value is -0.980. The van der Waals surface area contributed by atoms with Crippen molar-refractivity contribution in [1.82, 2.24) is 10.8 Å². The van der Waals surface area contributed by atoms with Crippen LogP contribution in [0, 0.1) is 0 Å². The normalized spacial score (nSPS) is 12.4. The van der Waals surface area contributed by atoms with Gasteiger partial charge < -0.3 is 5.32 Å². The molecule has 14 heavy (non-hydrogen) atoms. The van der Waals surface area contributed by atoms with Crippen molar-refractivity contribution in [1.29, 1.82) is 0 Å². The second kappa shape index (κ2) is 4.50. The Morgan fingerprint density at radius 3 is 2.14 bits per heavy atom. The average Bonchev–Trinajstić information content (AvgIpc) is 1.78. The van der Waals surface area contributed by atoms with Crippen LogP contribution in [0.5, 0.6) is 0 Å². The summed E-state index contributed by atoms with van der Waals surface area (Å²) in [4.78, 5) is 14.7. The third-order valence-corrected chi connectivity index (χ3v) is 0.889. The van der Waals surface area contributed by atoms with Crippen molar-refractivity contribution in [2.75, 3.05) is 6.61 Å². The van der Waals surface area contributed by atoms with Crippen LogP contribution in [0.4, 0.5) is 18.0 Å². The van der Waals surface area contributed by atoms with Crippen molar-refractivity contribution in [2.24, 2.45) is 0 Å². The number of alkyl halides is 3. The van der Waals surface area contributed by atoms with E-state index in [0.717, 1.165) is 0 Å². The third-order valence-electron chi connectivity index (χ3n) is 0.889. The van der Waals surface area contributed by atoms with Crippen LogP contribution in [0.25, 0.3) is 0 Å². The summed E-state index contributed by atoms with van der Waals surface area (Å²) in [6.45, 7) is 3.56. The van der Waals surface area contributed by atoms with Gasteiger partial charge in [-0.1, -0.05) is 0 Å². The molecular formula is C7H13F3N2O2. The highest BCUT2D eigenvalue weighted by atomic mass is 19.4. The van der Waals surface area contributed by atoms with Crippen LogP contribution in [-0.2, 0) is 4.84 Å². The van der Waals surface area contributed by atoms with Crippen molar-refractivity contribution >= 4 is 6.03 Å². The minimum Gasteiger partial charge on any atom is -0.332 e. The molecule has 0 aliphatic carbocycles. The van der Waals surface area contributed by atoms with E-state index in [1.165, 1.54) is 0 Å². The van der Waals surface area contributed by atoms with Crippen molar-refractivity contribution in [3.05, 3.63) is 0 Å². The molecule has 7 heteroatoms. The van der Waals surface area contributed by atoms with Crippen LogP contribution in [0.1, 0.15) is 20.8 Å². The Kier molecular flexibility index (Phi) is 4.18. The lowest BCUT2D eigenvalue weighted by Crippen LogP contribution is -2.47. The Labute approximate surface area is 79.8 Å². The molecule has 0 fully saturated rings. The first-order valence-corrected chi connectivity index (χ1v) is 3.87. The van der Waals surface area contributed by atoms with E-state index in [4.69, 9.17) is 0 Å². The van der Waals surface area contributed by atoms with Crippen LogP contribution in [0.15, 0.2) is 0 Å². The summed E-state index contributed by atoms with van der Waals surface area (Å²) in [6, 6.07) is -0.804. The van der Waals surface area contributed by atoms with Gasteiger partial charge >= 0.3 is 12.2 Å². The number of hydrogen-bond acceptors (Lipinski definition) is 2. The molecular weight excluding hydrogens is 201 g/mol. The van der Waals surface area contributed by atoms with Crippen LogP contribution in [-0.4, -0.2) is 24.4 Å². The number of halogens is 3. The first-order valence-electron chi connectivity index (χ1n) is 3.87. The molecule has 0 rings (SSSR count). The maximum absolute atomic E-state index is 11.5. The van der Waals surface area contributed by atoms with E-state index in [9.17, 15) is 18.0 Å². The number of nitrogens with one attached hydrogen (secondary N) is 2. The lowest BCUT2D eigenvalue weighted by atomic mass is 10.1. The SMILES string of the molecule is CC(C)(C)NC(=O)NOCC(F)(F)F. The molecule has 84 valence electrons. The Morgan fingerprint density at radius 2 is 1.79 bits per heavy atom. The molecule has 0 aromatic rings. The van der Waals surface area contributed by atoms with Gasteiger partial charge in [0.2, 0.25) is 0 Å². The lowest BCUT2D eigenvalue weighted by Gasteiger charge is -2.20. The number of amides is 2. The minimum atomic E-state index is -4.45. The zero-order valence-electron chi connectivity index (χ0n) is 8.16. The minimum absolute atomic E-state index is 0.522. The van der Waals surface area contributed by atoms with Crippen molar-refractivity contribution in [3.63, 3.8) is 0 Å². The first-order chi connectivity index (χ1) is 6.10. The average molecular weight is 214 g/mol. The number of carbonyl (C=O) groups excluding carboxylic acids is 1. The lowest BCUT2D eigenvalue weighted by molar-refractivity contribution is -0.184. The molecule has 0 unspecified atom stereocenters. The highest BCUT2D eigenvalue weighted by molar-refractivity contribution is 5.73. The molecule has 0 atom stereocenters. The maximum atomic E-state index is 11.5. The Morgan fingerprint density at radius 1 is 1.29 bits per heavy atom. The van der Waals surface area contributed by atoms with Crippen molar-refractivity contribution < 1.29 is 22.8 Å². The molecule has 0 bridgehead atoms. The predicted molar refractivity (Wildman–Crippen MR) is 43.4 cm³/mol. The molecule has 0 aliphatic heterocycles. The van der Waals surface area contributed by atoms with E-state index >= 15 is 0 Å². The van der Waals surface area contributed by atoms with Gasteiger partial charge in [0, 0.05) is 5.54 Å². The van der Waals surface area contributed by atoms with Crippen molar-refractivity contribution in [3.8, 4) is 0 Å². The number of hydrogen-bond donors (Lipinski definition) is 2. The summed E-state index contributed by atoms with van der Waals surface area (Å²) < 4.78 is 34.6. The monoisotopic (exact) mass is 214 g/mol. The summed E-state index contributed by atoms with van der Waals surface area (Å²) in [5, 5.41) is 2.36. The van der Waals surface area contributed by atoms with Crippen molar-refractivity contribution in [2.45, 2.75) is 32.5 Å². The molecule has 0 aromatic carbocycles. The standard InChI is InChI=1S/C7H13F3N2O2/c1-6(2,3)11-5(13)12-14-4-7(8,9)10/h4H2,1-3H3,(H2,11,12,13). The van der Waals surface area contributed by atoms with E-state index in [-0.39, 0.29) is 0 Å². The molecule has 0 aliphatic rings. The van der Waals surface area contributed by atoms with Crippen LogP contribution in [0.2, 0.25) is 0 Å².